The van der Waals surface area contributed by atoms with Crippen LogP contribution in [0.4, 0.5) is 5.69 Å². The Morgan fingerprint density at radius 2 is 1.60 bits per heavy atom. The Morgan fingerprint density at radius 1 is 1.00 bits per heavy atom. The van der Waals surface area contributed by atoms with Crippen LogP contribution >= 0.6 is 55.1 Å². The second-order valence-electron chi connectivity index (χ2n) is 4.64. The molecule has 0 aliphatic heterocycles. The molecule has 0 bridgehead atoms. The molecule has 0 spiro atoms. The van der Waals surface area contributed by atoms with E-state index in [4.69, 9.17) is 23.2 Å². The van der Waals surface area contributed by atoms with Crippen molar-refractivity contribution in [1.29, 1.82) is 0 Å². The van der Waals surface area contributed by atoms with E-state index in [0.29, 0.717) is 10.0 Å². The fourth-order valence-electron chi connectivity index (χ4n) is 1.92. The molecule has 5 heteroatoms. The van der Waals surface area contributed by atoms with Crippen molar-refractivity contribution in [3.05, 3.63) is 60.4 Å². The van der Waals surface area contributed by atoms with Crippen molar-refractivity contribution in [2.75, 3.05) is 5.32 Å². The molecular formula is C15H13Br2Cl2N. The molecular weight excluding hydrogens is 425 g/mol. The molecule has 0 aromatic heterocycles. The lowest BCUT2D eigenvalue weighted by Crippen LogP contribution is -2.07. The molecule has 1 atom stereocenters. The Labute approximate surface area is 145 Å². The van der Waals surface area contributed by atoms with Crippen molar-refractivity contribution in [3.63, 3.8) is 0 Å². The Morgan fingerprint density at radius 3 is 2.15 bits per heavy atom. The predicted octanol–water partition coefficient (Wildman–Crippen LogP) is 7.00. The van der Waals surface area contributed by atoms with Gasteiger partial charge >= 0.3 is 0 Å². The molecule has 0 amide bonds. The summed E-state index contributed by atoms with van der Waals surface area (Å²) in [5.41, 5.74) is 3.30. The topological polar surface area (TPSA) is 12.0 Å². The van der Waals surface area contributed by atoms with Gasteiger partial charge in [-0.15, -0.1) is 0 Å². The lowest BCUT2D eigenvalue weighted by atomic mass is 10.1. The maximum Gasteiger partial charge on any atom is 0.0633 e. The van der Waals surface area contributed by atoms with Crippen LogP contribution in [0.25, 0.3) is 0 Å². The van der Waals surface area contributed by atoms with Crippen LogP contribution in [-0.2, 0) is 0 Å². The molecule has 0 saturated carbocycles. The zero-order valence-electron chi connectivity index (χ0n) is 11.0. The van der Waals surface area contributed by atoms with Crippen LogP contribution in [0.2, 0.25) is 10.0 Å². The molecule has 2 aromatic carbocycles. The Hall–Kier alpha value is -0.220. The summed E-state index contributed by atoms with van der Waals surface area (Å²) in [5.74, 6) is 0. The molecule has 2 aromatic rings. The third-order valence-corrected chi connectivity index (χ3v) is 4.98. The maximum atomic E-state index is 6.07. The number of anilines is 1. The summed E-state index contributed by atoms with van der Waals surface area (Å²) in [6, 6.07) is 9.94. The highest BCUT2D eigenvalue weighted by Gasteiger charge is 2.12. The Bertz CT molecular complexity index is 621. The first-order chi connectivity index (χ1) is 9.38. The van der Waals surface area contributed by atoms with Crippen molar-refractivity contribution in [2.24, 2.45) is 0 Å². The monoisotopic (exact) mass is 435 g/mol. The summed E-state index contributed by atoms with van der Waals surface area (Å²) < 4.78 is 2.05. The number of hydrogen-bond acceptors (Lipinski definition) is 1. The number of rotatable bonds is 3. The van der Waals surface area contributed by atoms with Crippen molar-refractivity contribution in [2.45, 2.75) is 19.9 Å². The maximum absolute atomic E-state index is 6.07. The van der Waals surface area contributed by atoms with E-state index < -0.39 is 0 Å². The van der Waals surface area contributed by atoms with Gasteiger partial charge in [0.15, 0.2) is 0 Å². The molecule has 1 N–H and O–H groups in total. The van der Waals surface area contributed by atoms with Crippen LogP contribution in [-0.4, -0.2) is 0 Å². The summed E-state index contributed by atoms with van der Waals surface area (Å²) in [6.07, 6.45) is 0. The van der Waals surface area contributed by atoms with Gasteiger partial charge in [0.25, 0.3) is 0 Å². The van der Waals surface area contributed by atoms with Crippen molar-refractivity contribution >= 4 is 60.7 Å². The van der Waals surface area contributed by atoms with E-state index in [1.54, 1.807) is 0 Å². The van der Waals surface area contributed by atoms with E-state index >= 15 is 0 Å². The normalized spacial score (nSPS) is 12.3. The average Bonchev–Trinajstić information content (AvgIpc) is 2.36. The highest BCUT2D eigenvalue weighted by atomic mass is 79.9. The number of benzene rings is 2. The first kappa shape index (κ1) is 16.2. The van der Waals surface area contributed by atoms with E-state index in [9.17, 15) is 0 Å². The van der Waals surface area contributed by atoms with Gasteiger partial charge in [-0.3, -0.25) is 0 Å². The SMILES string of the molecule is Cc1cc(Br)c(NC(C)c2ccc(Cl)c(Cl)c2)c(Br)c1. The number of halogens is 4. The molecule has 0 aliphatic rings. The highest BCUT2D eigenvalue weighted by molar-refractivity contribution is 9.11. The molecule has 0 aliphatic carbocycles. The first-order valence-electron chi connectivity index (χ1n) is 6.05. The van der Waals surface area contributed by atoms with Crippen LogP contribution in [0.3, 0.4) is 0 Å². The van der Waals surface area contributed by atoms with Crippen LogP contribution in [0, 0.1) is 6.92 Å². The lowest BCUT2D eigenvalue weighted by molar-refractivity contribution is 0.882. The fourth-order valence-corrected chi connectivity index (χ4v) is 3.87. The van der Waals surface area contributed by atoms with Gasteiger partial charge in [-0.1, -0.05) is 29.3 Å². The summed E-state index contributed by atoms with van der Waals surface area (Å²) in [6.45, 7) is 4.14. The Kier molecular flexibility index (Phi) is 5.41. The molecule has 2 rings (SSSR count). The lowest BCUT2D eigenvalue weighted by Gasteiger charge is -2.19. The average molecular weight is 438 g/mol. The van der Waals surface area contributed by atoms with Crippen molar-refractivity contribution in [3.8, 4) is 0 Å². The summed E-state index contributed by atoms with van der Waals surface area (Å²) >= 11 is 19.2. The van der Waals surface area contributed by atoms with Crippen LogP contribution in [0.1, 0.15) is 24.1 Å². The highest BCUT2D eigenvalue weighted by Crippen LogP contribution is 2.35. The quantitative estimate of drug-likeness (QED) is 0.545. The third kappa shape index (κ3) is 3.70. The minimum atomic E-state index is 0.111. The van der Waals surface area contributed by atoms with Crippen LogP contribution in [0.5, 0.6) is 0 Å². The smallest absolute Gasteiger partial charge is 0.0633 e. The van der Waals surface area contributed by atoms with Gasteiger partial charge in [-0.05, 0) is 81.1 Å². The van der Waals surface area contributed by atoms with Crippen LogP contribution in [0.15, 0.2) is 39.3 Å². The largest absolute Gasteiger partial charge is 0.377 e. The van der Waals surface area contributed by atoms with E-state index in [1.807, 2.05) is 18.2 Å². The van der Waals surface area contributed by atoms with Gasteiger partial charge in [0, 0.05) is 15.0 Å². The molecule has 1 nitrogen and oxygen atoms in total. The summed E-state index contributed by atoms with van der Waals surface area (Å²) in [5, 5.41) is 4.61. The van der Waals surface area contributed by atoms with E-state index in [1.165, 1.54) is 5.56 Å². The van der Waals surface area contributed by atoms with Crippen LogP contribution < -0.4 is 5.32 Å². The second kappa shape index (κ2) is 6.69. The van der Waals surface area contributed by atoms with Crippen molar-refractivity contribution < 1.29 is 0 Å². The van der Waals surface area contributed by atoms with E-state index in [-0.39, 0.29) is 6.04 Å². The first-order valence-corrected chi connectivity index (χ1v) is 8.40. The third-order valence-electron chi connectivity index (χ3n) is 2.99. The van der Waals surface area contributed by atoms with E-state index in [0.717, 1.165) is 20.2 Å². The predicted molar refractivity (Wildman–Crippen MR) is 95.1 cm³/mol. The van der Waals surface area contributed by atoms with Gasteiger partial charge < -0.3 is 5.32 Å². The van der Waals surface area contributed by atoms with Crippen molar-refractivity contribution in [1.82, 2.24) is 0 Å². The zero-order chi connectivity index (χ0) is 14.9. The van der Waals surface area contributed by atoms with Gasteiger partial charge in [0.2, 0.25) is 0 Å². The van der Waals surface area contributed by atoms with Gasteiger partial charge in [0.1, 0.15) is 0 Å². The summed E-state index contributed by atoms with van der Waals surface area (Å²) in [4.78, 5) is 0. The summed E-state index contributed by atoms with van der Waals surface area (Å²) in [7, 11) is 0. The molecule has 0 saturated heterocycles. The number of nitrogens with one attached hydrogen (secondary N) is 1. The molecule has 1 unspecified atom stereocenters. The van der Waals surface area contributed by atoms with Gasteiger partial charge in [-0.2, -0.15) is 0 Å². The number of aryl methyl sites for hydroxylation is 1. The molecule has 106 valence electrons. The Balaban J connectivity index is 2.27. The fraction of sp³-hybridized carbons (Fsp3) is 0.200. The number of hydrogen-bond donors (Lipinski definition) is 1. The second-order valence-corrected chi connectivity index (χ2v) is 7.17. The minimum absolute atomic E-state index is 0.111. The van der Waals surface area contributed by atoms with E-state index in [2.05, 4.69) is 63.2 Å². The van der Waals surface area contributed by atoms with Gasteiger partial charge in [0.05, 0.1) is 15.7 Å². The standard InChI is InChI=1S/C15H13Br2Cl2N/c1-8-5-11(16)15(12(17)6-8)20-9(2)10-3-4-13(18)14(19)7-10/h3-7,9,20H,1-2H3. The molecule has 0 heterocycles. The molecule has 0 fully saturated rings. The molecule has 20 heavy (non-hydrogen) atoms. The minimum Gasteiger partial charge on any atom is -0.377 e. The van der Waals surface area contributed by atoms with Gasteiger partial charge in [-0.25, -0.2) is 0 Å². The zero-order valence-corrected chi connectivity index (χ0v) is 15.7. The molecule has 0 radical (unpaired) electrons.